The Kier molecular flexibility index (Phi) is 5.21. The molecule has 2 N–H and O–H groups in total. The van der Waals surface area contributed by atoms with Gasteiger partial charge in [0.1, 0.15) is 17.2 Å². The van der Waals surface area contributed by atoms with Gasteiger partial charge in [-0.2, -0.15) is 0 Å². The predicted octanol–water partition coefficient (Wildman–Crippen LogP) is 4.02. The highest BCUT2D eigenvalue weighted by molar-refractivity contribution is 5.97. The van der Waals surface area contributed by atoms with Crippen LogP contribution < -0.4 is 5.32 Å². The van der Waals surface area contributed by atoms with E-state index in [9.17, 15) is 13.6 Å². The summed E-state index contributed by atoms with van der Waals surface area (Å²) in [6, 6.07) is 13.1. The molecule has 2 heterocycles. The summed E-state index contributed by atoms with van der Waals surface area (Å²) in [6.45, 7) is 0.104. The van der Waals surface area contributed by atoms with Crippen LogP contribution in [-0.4, -0.2) is 33.6 Å². The summed E-state index contributed by atoms with van der Waals surface area (Å²) in [5.74, 6) is -1.15. The Bertz CT molecular complexity index is 1240. The van der Waals surface area contributed by atoms with Crippen LogP contribution in [0, 0.1) is 17.0 Å². The number of halogens is 2. The lowest BCUT2D eigenvalue weighted by atomic mass is 10.0. The van der Waals surface area contributed by atoms with Gasteiger partial charge in [0.05, 0.1) is 23.5 Å². The predicted molar refractivity (Wildman–Crippen MR) is 109 cm³/mol. The van der Waals surface area contributed by atoms with E-state index >= 15 is 0 Å². The molecule has 0 aliphatic heterocycles. The molecule has 0 aliphatic rings. The van der Waals surface area contributed by atoms with Crippen LogP contribution in [0.15, 0.2) is 60.8 Å². The second-order valence-electron chi connectivity index (χ2n) is 6.42. The van der Waals surface area contributed by atoms with Gasteiger partial charge in [-0.05, 0) is 54.6 Å². The number of nitrogens with one attached hydrogen (secondary N) is 2. The first-order chi connectivity index (χ1) is 14.5. The van der Waals surface area contributed by atoms with Gasteiger partial charge in [-0.25, -0.2) is 23.7 Å². The van der Waals surface area contributed by atoms with Gasteiger partial charge >= 0.3 is 0 Å². The molecule has 1 amide bonds. The van der Waals surface area contributed by atoms with Gasteiger partial charge in [-0.15, -0.1) is 0 Å². The third kappa shape index (κ3) is 3.88. The van der Waals surface area contributed by atoms with Gasteiger partial charge in [0.15, 0.2) is 5.65 Å². The Hall–Kier alpha value is -4.07. The summed E-state index contributed by atoms with van der Waals surface area (Å²) in [5.41, 5.74) is 3.11. The molecule has 2 aromatic heterocycles. The van der Waals surface area contributed by atoms with E-state index in [1.807, 2.05) is 0 Å². The molecule has 30 heavy (non-hydrogen) atoms. The number of fused-ring (bicyclic) bond motifs is 1. The first-order valence-corrected chi connectivity index (χ1v) is 9.02. The summed E-state index contributed by atoms with van der Waals surface area (Å²) in [5, 5.41) is 9.58. The van der Waals surface area contributed by atoms with Crippen LogP contribution in [0.5, 0.6) is 0 Å². The van der Waals surface area contributed by atoms with E-state index in [2.05, 4.69) is 20.3 Å². The van der Waals surface area contributed by atoms with Crippen molar-refractivity contribution >= 4 is 23.3 Å². The highest BCUT2D eigenvalue weighted by Gasteiger charge is 2.16. The van der Waals surface area contributed by atoms with E-state index in [1.165, 1.54) is 30.5 Å². The molecular formula is C22H15F2N5O. The maximum atomic E-state index is 13.4. The Morgan fingerprint density at radius 1 is 0.933 bits per heavy atom. The number of hydrogen-bond acceptors (Lipinski definition) is 5. The zero-order valence-corrected chi connectivity index (χ0v) is 15.6. The van der Waals surface area contributed by atoms with Crippen LogP contribution in [-0.2, 0) is 0 Å². The molecule has 0 saturated carbocycles. The smallest absolute Gasteiger partial charge is 0.253 e. The Morgan fingerprint density at radius 3 is 2.07 bits per heavy atom. The van der Waals surface area contributed by atoms with Crippen LogP contribution >= 0.6 is 0 Å². The molecule has 2 aromatic carbocycles. The third-order valence-corrected chi connectivity index (χ3v) is 4.38. The summed E-state index contributed by atoms with van der Waals surface area (Å²) in [6.07, 6.45) is 2.45. The normalized spacial score (nSPS) is 10.7. The summed E-state index contributed by atoms with van der Waals surface area (Å²) in [4.78, 5) is 25.6. The minimum Gasteiger partial charge on any atom is -0.347 e. The molecule has 148 valence electrons. The molecule has 0 saturated heterocycles. The standard InChI is InChI=1S/C22H15F2N5O/c23-16-5-1-13(2-6-16)19-20(14-3-7-17(24)8-4-14)29-21-18(28-19)11-15(12-27-21)22(30)26-10-9-25/h1-9,11-12,25H,10H2,(H,26,30). The molecular weight excluding hydrogens is 388 g/mol. The highest BCUT2D eigenvalue weighted by atomic mass is 19.1. The molecule has 0 unspecified atom stereocenters. The number of carbonyl (C=O) groups excluding carboxylic acids is 1. The Labute approximate surface area is 170 Å². The van der Waals surface area contributed by atoms with Crippen molar-refractivity contribution < 1.29 is 13.6 Å². The first-order valence-electron chi connectivity index (χ1n) is 9.02. The van der Waals surface area contributed by atoms with E-state index in [1.54, 1.807) is 30.3 Å². The molecule has 0 atom stereocenters. The molecule has 0 aliphatic carbocycles. The molecule has 0 radical (unpaired) electrons. The minimum absolute atomic E-state index is 0.104. The fourth-order valence-electron chi connectivity index (χ4n) is 2.93. The van der Waals surface area contributed by atoms with Gasteiger partial charge in [-0.1, -0.05) is 0 Å². The van der Waals surface area contributed by atoms with Crippen molar-refractivity contribution in [1.82, 2.24) is 20.3 Å². The largest absolute Gasteiger partial charge is 0.347 e. The lowest BCUT2D eigenvalue weighted by molar-refractivity contribution is 0.0959. The zero-order valence-electron chi connectivity index (χ0n) is 15.6. The van der Waals surface area contributed by atoms with Crippen molar-refractivity contribution in [2.24, 2.45) is 0 Å². The first kappa shape index (κ1) is 19.3. The number of hydrogen-bond donors (Lipinski definition) is 2. The average molecular weight is 403 g/mol. The molecule has 4 rings (SSSR count). The summed E-state index contributed by atoms with van der Waals surface area (Å²) in [7, 11) is 0. The monoisotopic (exact) mass is 403 g/mol. The van der Waals surface area contributed by atoms with Gasteiger partial charge in [0, 0.05) is 23.5 Å². The van der Waals surface area contributed by atoms with Gasteiger partial charge < -0.3 is 10.7 Å². The number of pyridine rings is 1. The van der Waals surface area contributed by atoms with Crippen LogP contribution in [0.2, 0.25) is 0 Å². The number of aromatic nitrogens is 3. The maximum absolute atomic E-state index is 13.4. The highest BCUT2D eigenvalue weighted by Crippen LogP contribution is 2.31. The lowest BCUT2D eigenvalue weighted by Crippen LogP contribution is -2.25. The van der Waals surface area contributed by atoms with Crippen molar-refractivity contribution in [3.8, 4) is 22.5 Å². The zero-order chi connectivity index (χ0) is 21.1. The lowest BCUT2D eigenvalue weighted by Gasteiger charge is -2.11. The second-order valence-corrected chi connectivity index (χ2v) is 6.42. The number of nitrogens with zero attached hydrogens (tertiary/aromatic N) is 3. The van der Waals surface area contributed by atoms with Gasteiger partial charge in [-0.3, -0.25) is 4.79 Å². The van der Waals surface area contributed by atoms with Crippen LogP contribution in [0.1, 0.15) is 10.4 Å². The van der Waals surface area contributed by atoms with Crippen molar-refractivity contribution in [2.75, 3.05) is 6.54 Å². The Balaban J connectivity index is 1.89. The number of rotatable bonds is 5. The van der Waals surface area contributed by atoms with E-state index in [-0.39, 0.29) is 29.6 Å². The third-order valence-electron chi connectivity index (χ3n) is 4.38. The fourth-order valence-corrected chi connectivity index (χ4v) is 2.93. The van der Waals surface area contributed by atoms with E-state index < -0.39 is 0 Å². The number of amides is 1. The SMILES string of the molecule is N=CCNC(=O)c1cnc2nc(-c3ccc(F)cc3)c(-c3ccc(F)cc3)nc2c1. The molecule has 0 bridgehead atoms. The quantitative estimate of drug-likeness (QED) is 0.493. The van der Waals surface area contributed by atoms with Crippen molar-refractivity contribution in [3.05, 3.63) is 78.0 Å². The molecule has 0 fully saturated rings. The average Bonchev–Trinajstić information content (AvgIpc) is 2.77. The second kappa shape index (κ2) is 8.12. The summed E-state index contributed by atoms with van der Waals surface area (Å²) < 4.78 is 26.8. The molecule has 6 nitrogen and oxygen atoms in total. The molecule has 8 heteroatoms. The van der Waals surface area contributed by atoms with Crippen LogP contribution in [0.25, 0.3) is 33.7 Å². The fraction of sp³-hybridized carbons (Fsp3) is 0.0455. The van der Waals surface area contributed by atoms with Crippen LogP contribution in [0.3, 0.4) is 0 Å². The van der Waals surface area contributed by atoms with Crippen LogP contribution in [0.4, 0.5) is 8.78 Å². The number of carbonyl (C=O) groups is 1. The van der Waals surface area contributed by atoms with E-state index in [0.717, 1.165) is 6.21 Å². The van der Waals surface area contributed by atoms with Crippen molar-refractivity contribution in [2.45, 2.75) is 0 Å². The molecule has 4 aromatic rings. The number of benzene rings is 2. The minimum atomic E-state index is -0.388. The summed E-state index contributed by atoms with van der Waals surface area (Å²) >= 11 is 0. The maximum Gasteiger partial charge on any atom is 0.253 e. The van der Waals surface area contributed by atoms with Gasteiger partial charge in [0.2, 0.25) is 0 Å². The Morgan fingerprint density at radius 2 is 1.50 bits per heavy atom. The van der Waals surface area contributed by atoms with Crippen molar-refractivity contribution in [1.29, 1.82) is 5.41 Å². The van der Waals surface area contributed by atoms with Gasteiger partial charge in [0.25, 0.3) is 5.91 Å². The topological polar surface area (TPSA) is 91.6 Å². The molecule has 0 spiro atoms. The van der Waals surface area contributed by atoms with E-state index in [0.29, 0.717) is 33.7 Å². The van der Waals surface area contributed by atoms with E-state index in [4.69, 9.17) is 5.41 Å². The van der Waals surface area contributed by atoms with Crippen molar-refractivity contribution in [3.63, 3.8) is 0 Å².